The number of aromatic amines is 1. The highest BCUT2D eigenvalue weighted by Crippen LogP contribution is 2.32. The van der Waals surface area contributed by atoms with E-state index in [1.54, 1.807) is 13.8 Å². The molecule has 0 saturated carbocycles. The molecule has 0 bridgehead atoms. The summed E-state index contributed by atoms with van der Waals surface area (Å²) < 4.78 is 36.9. The van der Waals surface area contributed by atoms with E-state index in [-0.39, 0.29) is 36.1 Å². The maximum absolute atomic E-state index is 14.8. The molecule has 1 aliphatic heterocycles. The number of imidazole rings is 1. The zero-order valence-electron chi connectivity index (χ0n) is 20.7. The van der Waals surface area contributed by atoms with Crippen LogP contribution in [0.15, 0.2) is 11.1 Å². The van der Waals surface area contributed by atoms with Crippen molar-refractivity contribution < 1.29 is 37.7 Å². The molecule has 15 heteroatoms. The van der Waals surface area contributed by atoms with Gasteiger partial charge >= 0.3 is 17.9 Å². The first kappa shape index (κ1) is 28.0. The van der Waals surface area contributed by atoms with Gasteiger partial charge in [-0.1, -0.05) is 20.3 Å². The number of anilines is 1. The Hall–Kier alpha value is -3.59. The monoisotopic (exact) mass is 526 g/mol. The average molecular weight is 527 g/mol. The van der Waals surface area contributed by atoms with Gasteiger partial charge in [-0.25, -0.2) is 14.2 Å². The number of nitrogen functional groups attached to an aromatic ring is 1. The van der Waals surface area contributed by atoms with Crippen molar-refractivity contribution in [3.8, 4) is 0 Å². The Balaban J connectivity index is 1.66. The van der Waals surface area contributed by atoms with Crippen molar-refractivity contribution in [2.24, 2.45) is 11.7 Å². The molecule has 1 unspecified atom stereocenters. The highest BCUT2D eigenvalue weighted by molar-refractivity contribution is 5.85. The van der Waals surface area contributed by atoms with Crippen LogP contribution in [0.5, 0.6) is 0 Å². The number of hydrogen-bond donors (Lipinski definition) is 3. The molecule has 14 nitrogen and oxygen atoms in total. The number of nitrogens with zero attached hydrogens (tertiary/aromatic N) is 3. The number of hydrogen-bond acceptors (Lipinski definition) is 12. The molecule has 2 aromatic rings. The number of fused-ring (bicyclic) bond motifs is 1. The fourth-order valence-electron chi connectivity index (χ4n) is 3.67. The second kappa shape index (κ2) is 12.1. The minimum absolute atomic E-state index is 0.00214. The topological polar surface area (TPSA) is 204 Å². The summed E-state index contributed by atoms with van der Waals surface area (Å²) in [7, 11) is 0. The van der Waals surface area contributed by atoms with Crippen molar-refractivity contribution in [3.63, 3.8) is 0 Å². The Bertz CT molecular complexity index is 1190. The Labute approximate surface area is 210 Å². The van der Waals surface area contributed by atoms with Crippen LogP contribution in [0.3, 0.4) is 0 Å². The molecule has 6 atom stereocenters. The number of aromatic nitrogens is 4. The number of esters is 3. The van der Waals surface area contributed by atoms with Crippen molar-refractivity contribution in [2.45, 2.75) is 70.7 Å². The van der Waals surface area contributed by atoms with E-state index in [9.17, 15) is 23.6 Å². The van der Waals surface area contributed by atoms with E-state index < -0.39 is 67.1 Å². The number of alkyl halides is 1. The third-order valence-corrected chi connectivity index (χ3v) is 6.02. The summed E-state index contributed by atoms with van der Waals surface area (Å²) in [6.07, 6.45) is -4.16. The zero-order valence-corrected chi connectivity index (χ0v) is 20.7. The first-order valence-corrected chi connectivity index (χ1v) is 11.9. The van der Waals surface area contributed by atoms with Crippen molar-refractivity contribution in [3.05, 3.63) is 16.7 Å². The second-order valence-electron chi connectivity index (χ2n) is 8.63. The SMILES string of the molecule is CCOC(=O)CC(OC(=O)[C@@H](N)[C@@H](C)CC)C(=O)OC[C@H]1O[C@@H](n2cnc3c(=O)[nH]c(N)nc32)C[C@@H]1F. The highest BCUT2D eigenvalue weighted by atomic mass is 19.1. The van der Waals surface area contributed by atoms with Crippen LogP contribution in [0.1, 0.15) is 46.3 Å². The van der Waals surface area contributed by atoms with Crippen LogP contribution in [-0.4, -0.2) is 75.1 Å². The highest BCUT2D eigenvalue weighted by Gasteiger charge is 2.39. The summed E-state index contributed by atoms with van der Waals surface area (Å²) in [4.78, 5) is 59.3. The molecule has 0 radical (unpaired) electrons. The molecule has 1 aliphatic rings. The number of halogens is 1. The van der Waals surface area contributed by atoms with Crippen LogP contribution in [0.25, 0.3) is 11.2 Å². The molecule has 1 fully saturated rings. The van der Waals surface area contributed by atoms with E-state index in [0.717, 1.165) is 0 Å². The summed E-state index contributed by atoms with van der Waals surface area (Å²) >= 11 is 0. The lowest BCUT2D eigenvalue weighted by Crippen LogP contribution is -2.43. The summed E-state index contributed by atoms with van der Waals surface area (Å²) in [5, 5.41) is 0. The molecule has 37 heavy (non-hydrogen) atoms. The molecule has 5 N–H and O–H groups in total. The van der Waals surface area contributed by atoms with Gasteiger partial charge in [0.05, 0.1) is 19.4 Å². The van der Waals surface area contributed by atoms with Gasteiger partial charge in [0.2, 0.25) is 12.1 Å². The summed E-state index contributed by atoms with van der Waals surface area (Å²) in [5.41, 5.74) is 11.0. The smallest absolute Gasteiger partial charge is 0.348 e. The molecular weight excluding hydrogens is 495 g/mol. The van der Waals surface area contributed by atoms with Gasteiger partial charge in [0.1, 0.15) is 31.2 Å². The summed E-state index contributed by atoms with van der Waals surface area (Å²) in [6, 6.07) is -1.02. The molecule has 3 rings (SSSR count). The standard InChI is InChI=1S/C22H31FN6O8/c1-4-10(3)16(24)21(33)37-12(7-15(30)34-5-2)20(32)35-8-13-11(23)6-14(36-13)29-9-26-17-18(29)27-22(25)28-19(17)31/h9-14,16H,4-8,24H2,1-3H3,(H3,25,27,28,31)/t10-,11-,12?,13+,14+,16-/m0/s1. The molecule has 0 aromatic carbocycles. The first-order valence-electron chi connectivity index (χ1n) is 11.9. The van der Waals surface area contributed by atoms with Gasteiger partial charge in [-0.05, 0) is 12.8 Å². The molecule has 204 valence electrons. The van der Waals surface area contributed by atoms with Crippen molar-refractivity contribution in [2.75, 3.05) is 18.9 Å². The van der Waals surface area contributed by atoms with Crippen LogP contribution in [0, 0.1) is 5.92 Å². The van der Waals surface area contributed by atoms with Gasteiger partial charge in [-0.15, -0.1) is 0 Å². The fraction of sp³-hybridized carbons (Fsp3) is 0.636. The minimum Gasteiger partial charge on any atom is -0.466 e. The lowest BCUT2D eigenvalue weighted by molar-refractivity contribution is -0.175. The predicted molar refractivity (Wildman–Crippen MR) is 126 cm³/mol. The Morgan fingerprint density at radius 2 is 2.03 bits per heavy atom. The predicted octanol–water partition coefficient (Wildman–Crippen LogP) is 0.109. The Morgan fingerprint density at radius 3 is 2.70 bits per heavy atom. The first-order chi connectivity index (χ1) is 17.5. The number of nitrogens with one attached hydrogen (secondary N) is 1. The third-order valence-electron chi connectivity index (χ3n) is 6.02. The van der Waals surface area contributed by atoms with E-state index in [1.165, 1.54) is 10.9 Å². The van der Waals surface area contributed by atoms with Crippen LogP contribution < -0.4 is 17.0 Å². The summed E-state index contributed by atoms with van der Waals surface area (Å²) in [5.74, 6) is -3.12. The number of nitrogens with two attached hydrogens (primary N) is 2. The molecule has 1 saturated heterocycles. The number of ether oxygens (including phenoxy) is 4. The van der Waals surface area contributed by atoms with E-state index in [1.807, 2.05) is 6.92 Å². The van der Waals surface area contributed by atoms with E-state index in [4.69, 9.17) is 30.4 Å². The van der Waals surface area contributed by atoms with Gasteiger partial charge in [-0.2, -0.15) is 4.98 Å². The molecule has 0 aliphatic carbocycles. The number of carbonyl (C=O) groups excluding carboxylic acids is 3. The number of H-pyrrole nitrogens is 1. The Morgan fingerprint density at radius 1 is 1.30 bits per heavy atom. The minimum atomic E-state index is -1.63. The molecule has 0 amide bonds. The van der Waals surface area contributed by atoms with Crippen molar-refractivity contribution >= 4 is 35.0 Å². The van der Waals surface area contributed by atoms with Crippen LogP contribution in [0.4, 0.5) is 10.3 Å². The van der Waals surface area contributed by atoms with Crippen LogP contribution >= 0.6 is 0 Å². The van der Waals surface area contributed by atoms with Gasteiger partial charge < -0.3 is 30.4 Å². The maximum atomic E-state index is 14.8. The zero-order chi connectivity index (χ0) is 27.3. The lowest BCUT2D eigenvalue weighted by atomic mass is 10.0. The van der Waals surface area contributed by atoms with Crippen molar-refractivity contribution in [1.29, 1.82) is 0 Å². The van der Waals surface area contributed by atoms with Gasteiger partial charge in [0.15, 0.2) is 11.2 Å². The number of carbonyl (C=O) groups is 3. The molecule has 3 heterocycles. The van der Waals surface area contributed by atoms with Gasteiger partial charge in [-0.3, -0.25) is 23.9 Å². The second-order valence-corrected chi connectivity index (χ2v) is 8.63. The lowest BCUT2D eigenvalue weighted by Gasteiger charge is -2.22. The van der Waals surface area contributed by atoms with E-state index in [0.29, 0.717) is 6.42 Å². The van der Waals surface area contributed by atoms with Gasteiger partial charge in [0.25, 0.3) is 5.56 Å². The maximum Gasteiger partial charge on any atom is 0.348 e. The van der Waals surface area contributed by atoms with Gasteiger partial charge in [0, 0.05) is 6.42 Å². The average Bonchev–Trinajstić information content (AvgIpc) is 3.44. The molecule has 0 spiro atoms. The Kier molecular flexibility index (Phi) is 9.15. The molecule has 2 aromatic heterocycles. The van der Waals surface area contributed by atoms with Crippen molar-refractivity contribution in [1.82, 2.24) is 19.5 Å². The van der Waals surface area contributed by atoms with E-state index >= 15 is 0 Å². The largest absolute Gasteiger partial charge is 0.466 e. The molecular formula is C22H31FN6O8. The van der Waals surface area contributed by atoms with Crippen LogP contribution in [-0.2, 0) is 33.3 Å². The third kappa shape index (κ3) is 6.60. The van der Waals surface area contributed by atoms with Crippen LogP contribution in [0.2, 0.25) is 0 Å². The van der Waals surface area contributed by atoms with E-state index in [2.05, 4.69) is 15.0 Å². The number of rotatable bonds is 11. The summed E-state index contributed by atoms with van der Waals surface area (Å²) in [6.45, 7) is 4.67. The fourth-order valence-corrected chi connectivity index (χ4v) is 3.67. The quantitative estimate of drug-likeness (QED) is 0.264. The normalized spacial score (nSPS) is 21.8.